The molecule has 0 aliphatic carbocycles. The number of hydrogen-bond donors (Lipinski definition) is 1. The molecule has 0 radical (unpaired) electrons. The van der Waals surface area contributed by atoms with Gasteiger partial charge in [0.25, 0.3) is 0 Å². The van der Waals surface area contributed by atoms with E-state index in [2.05, 4.69) is 5.32 Å². The maximum Gasteiger partial charge on any atom is 0.303 e. The lowest BCUT2D eigenvalue weighted by molar-refractivity contribution is -0.380. The van der Waals surface area contributed by atoms with Crippen LogP contribution in [0, 0.1) is 11.3 Å². The van der Waals surface area contributed by atoms with Crippen molar-refractivity contribution in [1.29, 1.82) is 5.26 Å². The number of nitriles is 1. The molecule has 0 aromatic rings. The van der Waals surface area contributed by atoms with Gasteiger partial charge >= 0.3 is 59.7 Å². The summed E-state index contributed by atoms with van der Waals surface area (Å²) in [6.07, 6.45) is -28.1. The van der Waals surface area contributed by atoms with Crippen LogP contribution in [0.25, 0.3) is 0 Å². The van der Waals surface area contributed by atoms with E-state index < -0.39 is 201 Å². The first-order valence-electron chi connectivity index (χ1n) is 24.9. The van der Waals surface area contributed by atoms with Gasteiger partial charge in [0.15, 0.2) is 67.7 Å². The van der Waals surface area contributed by atoms with Gasteiger partial charge in [-0.05, 0) is 20.8 Å². The van der Waals surface area contributed by atoms with Crippen molar-refractivity contribution >= 4 is 77.4 Å². The van der Waals surface area contributed by atoms with E-state index in [1.54, 1.807) is 0 Å². The molecule has 30 nitrogen and oxygen atoms in total. The maximum absolute atomic E-state index is 13.3. The van der Waals surface area contributed by atoms with Gasteiger partial charge in [-0.15, -0.1) is 11.8 Å². The summed E-state index contributed by atoms with van der Waals surface area (Å²) in [5.74, 6) is -9.99. The molecule has 0 aromatic heterocycles. The zero-order valence-corrected chi connectivity index (χ0v) is 47.4. The minimum atomic E-state index is -2.07. The Balaban J connectivity index is 2.43. The monoisotopic (exact) mass is 1170 g/mol. The van der Waals surface area contributed by atoms with E-state index in [9.17, 15) is 58.0 Å². The first kappa shape index (κ1) is 68.0. The van der Waals surface area contributed by atoms with Gasteiger partial charge in [-0.2, -0.15) is 5.26 Å². The quantitative estimate of drug-likeness (QED) is 0.0680. The highest BCUT2D eigenvalue weighted by Gasteiger charge is 2.59. The molecule has 0 saturated carbocycles. The Labute approximate surface area is 464 Å². The molecule has 0 spiro atoms. The van der Waals surface area contributed by atoms with Crippen LogP contribution in [0.1, 0.15) is 96.9 Å². The molecule has 0 bridgehead atoms. The number of esters is 10. The van der Waals surface area contributed by atoms with Crippen LogP contribution in [0.3, 0.4) is 0 Å². The fourth-order valence-corrected chi connectivity index (χ4v) is 9.53. The Morgan fingerprint density at radius 1 is 0.525 bits per heavy atom. The van der Waals surface area contributed by atoms with Crippen LogP contribution in [0.15, 0.2) is 0 Å². The zero-order valence-electron chi connectivity index (χ0n) is 46.6. The molecule has 1 N–H and O–H groups in total. The third kappa shape index (κ3) is 21.7. The number of nitrogens with zero attached hydrogens (tertiary/aromatic N) is 1. The number of hydrogen-bond acceptors (Lipinski definition) is 30. The molecule has 3 heterocycles. The van der Waals surface area contributed by atoms with Crippen LogP contribution in [0.5, 0.6) is 0 Å². The van der Waals surface area contributed by atoms with E-state index in [0.29, 0.717) is 0 Å². The second-order valence-corrected chi connectivity index (χ2v) is 19.3. The van der Waals surface area contributed by atoms with Gasteiger partial charge in [0.05, 0.1) is 30.1 Å². The third-order valence-electron chi connectivity index (χ3n) is 11.3. The van der Waals surface area contributed by atoms with Crippen LogP contribution in [0.4, 0.5) is 0 Å². The molecule has 450 valence electrons. The van der Waals surface area contributed by atoms with E-state index >= 15 is 0 Å². The van der Waals surface area contributed by atoms with Gasteiger partial charge in [-0.3, -0.25) is 52.7 Å². The topological polar surface area (TPSA) is 380 Å². The number of rotatable bonds is 26. The fourth-order valence-electron chi connectivity index (χ4n) is 8.64. The van der Waals surface area contributed by atoms with Crippen molar-refractivity contribution in [2.75, 3.05) is 25.6 Å². The van der Waals surface area contributed by atoms with Crippen molar-refractivity contribution in [3.05, 3.63) is 0 Å². The summed E-state index contributed by atoms with van der Waals surface area (Å²) in [6.45, 7) is 13.6. The lowest BCUT2D eigenvalue weighted by Crippen LogP contribution is -2.70. The molecule has 3 fully saturated rings. The van der Waals surface area contributed by atoms with Crippen molar-refractivity contribution in [3.8, 4) is 6.07 Å². The lowest BCUT2D eigenvalue weighted by Gasteiger charge is -2.51. The normalized spacial score (nSPS) is 29.6. The van der Waals surface area contributed by atoms with Crippen molar-refractivity contribution in [2.45, 2.75) is 213 Å². The second kappa shape index (κ2) is 32.2. The standard InChI is InChI=1S/C49H70N2O28S/c1-20(38(69-27(8)57)34(68-26(7)56)17-63-23(4)53)66-33(14)75-40-36(19-65-25(6)55)77-49(80-16-15-50)37(51-22(3)52)42(40)78-48-46(44(73-31(12)61)41(71-29(10)59)35(76-48)18-64-24(5)54)79-47-45(74-32(13)62)43(72-30(11)60)39(21(2)67-47)70-28(9)58/h20-21,33-49H,16-19H2,1-14H3,(H,51,52)/t20?,21-,33-,34+,35-,36-,37?,38?,39?,40?,41?,42?,43?,44?,45?,46?,47-,48-,49-/m0/s1. The molecule has 3 aliphatic rings. The van der Waals surface area contributed by atoms with Crippen molar-refractivity contribution in [1.82, 2.24) is 5.32 Å². The predicted octanol–water partition coefficient (Wildman–Crippen LogP) is 0.0604. The average molecular weight is 1170 g/mol. The van der Waals surface area contributed by atoms with Crippen LogP contribution in [0.2, 0.25) is 0 Å². The van der Waals surface area contributed by atoms with Crippen LogP contribution in [-0.4, -0.2) is 207 Å². The Hall–Kier alpha value is -6.27. The highest BCUT2D eigenvalue weighted by molar-refractivity contribution is 8.00. The smallest absolute Gasteiger partial charge is 0.303 e. The molecule has 19 atom stereocenters. The summed E-state index contributed by atoms with van der Waals surface area (Å²) in [7, 11) is 0. The lowest BCUT2D eigenvalue weighted by atomic mass is 9.95. The highest BCUT2D eigenvalue weighted by Crippen LogP contribution is 2.39. The zero-order chi connectivity index (χ0) is 60.3. The Morgan fingerprint density at radius 3 is 1.48 bits per heavy atom. The summed E-state index contributed by atoms with van der Waals surface area (Å²) in [4.78, 5) is 139. The summed E-state index contributed by atoms with van der Waals surface area (Å²) in [5.41, 5.74) is -1.30. The van der Waals surface area contributed by atoms with Gasteiger partial charge in [0, 0.05) is 76.2 Å². The molecule has 3 saturated heterocycles. The SMILES string of the molecule is CC(=O)NC1C(O[C@@H]2O[C@@H](COC(C)=O)C(OC(C)=O)C(OC(C)=O)C2O[C@@H]2O[C@@H](C)C(OC(C)=O)C(OC(C)=O)C2OC(C)=O)C(O[C@@H](C)OC(C)C(OC(C)=O)[C@@H](COC(C)=O)OC(C)=O)[C@H](COC(C)=O)O[C@H]1SCC#N. The summed E-state index contributed by atoms with van der Waals surface area (Å²) in [6, 6.07) is 0.512. The highest BCUT2D eigenvalue weighted by atomic mass is 32.2. The van der Waals surface area contributed by atoms with E-state index in [1.807, 2.05) is 6.07 Å². The number of nitrogens with one attached hydrogen (secondary N) is 1. The molecule has 1 amide bonds. The first-order valence-corrected chi connectivity index (χ1v) is 25.9. The number of ether oxygens (including phenoxy) is 17. The fraction of sp³-hybridized carbons (Fsp3) is 0.755. The van der Waals surface area contributed by atoms with E-state index in [1.165, 1.54) is 20.8 Å². The molecule has 31 heteroatoms. The largest absolute Gasteiger partial charge is 0.463 e. The van der Waals surface area contributed by atoms with Crippen molar-refractivity contribution < 1.29 is 133 Å². The molecular weight excluding hydrogens is 1100 g/mol. The van der Waals surface area contributed by atoms with Gasteiger partial charge in [-0.1, -0.05) is 0 Å². The van der Waals surface area contributed by atoms with Crippen LogP contribution in [-0.2, 0) is 133 Å². The molecule has 11 unspecified atom stereocenters. The van der Waals surface area contributed by atoms with E-state index in [0.717, 1.165) is 87.9 Å². The Bertz CT molecular complexity index is 2240. The minimum absolute atomic E-state index is 0.286. The van der Waals surface area contributed by atoms with Crippen molar-refractivity contribution in [3.63, 3.8) is 0 Å². The minimum Gasteiger partial charge on any atom is -0.463 e. The van der Waals surface area contributed by atoms with Crippen LogP contribution >= 0.6 is 11.8 Å². The summed E-state index contributed by atoms with van der Waals surface area (Å²) >= 11 is 0.847. The van der Waals surface area contributed by atoms with Crippen molar-refractivity contribution in [2.24, 2.45) is 0 Å². The predicted molar refractivity (Wildman–Crippen MR) is 261 cm³/mol. The average Bonchev–Trinajstić information content (AvgIpc) is 3.37. The summed E-state index contributed by atoms with van der Waals surface area (Å²) in [5, 5.41) is 12.5. The maximum atomic E-state index is 13.3. The molecule has 3 rings (SSSR count). The molecule has 0 aromatic carbocycles. The van der Waals surface area contributed by atoms with Crippen LogP contribution < -0.4 is 5.32 Å². The molecule has 3 aliphatic heterocycles. The van der Waals surface area contributed by atoms with Gasteiger partial charge in [0.1, 0.15) is 49.7 Å². The van der Waals surface area contributed by atoms with Gasteiger partial charge in [-0.25, -0.2) is 0 Å². The molecule has 80 heavy (non-hydrogen) atoms. The van der Waals surface area contributed by atoms with E-state index in [-0.39, 0.29) is 5.75 Å². The molecular formula is C49H70N2O28S. The Kier molecular flexibility index (Phi) is 27.4. The third-order valence-corrected chi connectivity index (χ3v) is 12.3. The second-order valence-electron chi connectivity index (χ2n) is 18.2. The van der Waals surface area contributed by atoms with Gasteiger partial charge < -0.3 is 85.8 Å². The Morgan fingerprint density at radius 2 is 0.988 bits per heavy atom. The number of thioether (sulfide) groups is 1. The summed E-state index contributed by atoms with van der Waals surface area (Å²) < 4.78 is 100. The number of carbonyl (C=O) groups excluding carboxylic acids is 11. The van der Waals surface area contributed by atoms with E-state index in [4.69, 9.17) is 80.5 Å². The number of amides is 1. The van der Waals surface area contributed by atoms with Gasteiger partial charge in [0.2, 0.25) is 5.91 Å². The first-order chi connectivity index (χ1) is 37.4. The number of carbonyl (C=O) groups is 11.